The molecule has 2 aliphatic rings. The molecule has 5 rings (SSSR count). The molecule has 0 atom stereocenters. The van der Waals surface area contributed by atoms with E-state index in [1.54, 1.807) is 0 Å². The van der Waals surface area contributed by atoms with E-state index >= 15 is 0 Å². The van der Waals surface area contributed by atoms with Crippen molar-refractivity contribution in [3.63, 3.8) is 0 Å². The Morgan fingerprint density at radius 3 is 2.81 bits per heavy atom. The first-order valence-electron chi connectivity index (χ1n) is 10.8. The van der Waals surface area contributed by atoms with Crippen molar-refractivity contribution in [2.24, 2.45) is 0 Å². The topological polar surface area (TPSA) is 67.3 Å². The summed E-state index contributed by atoms with van der Waals surface area (Å²) >= 11 is 1.47. The number of rotatable bonds is 0. The average molecular weight is 435 g/mol. The van der Waals surface area contributed by atoms with E-state index in [1.165, 1.54) is 11.9 Å². The van der Waals surface area contributed by atoms with Crippen molar-refractivity contribution in [2.45, 2.75) is 19.4 Å². The predicted octanol–water partition coefficient (Wildman–Crippen LogP) is 3.65. The highest BCUT2D eigenvalue weighted by Gasteiger charge is 2.25. The van der Waals surface area contributed by atoms with Crippen LogP contribution in [0.3, 0.4) is 0 Å². The van der Waals surface area contributed by atoms with E-state index in [2.05, 4.69) is 44.2 Å². The van der Waals surface area contributed by atoms with Crippen LogP contribution in [-0.4, -0.2) is 35.9 Å². The van der Waals surface area contributed by atoms with Gasteiger partial charge in [0.1, 0.15) is 5.75 Å². The number of aromatic nitrogens is 1. The molecule has 1 amide bonds. The molecule has 0 saturated heterocycles. The Kier molecular flexibility index (Phi) is 5.86. The van der Waals surface area contributed by atoms with Crippen LogP contribution in [0.25, 0.3) is 22.2 Å². The van der Waals surface area contributed by atoms with Crippen molar-refractivity contribution in [2.75, 3.05) is 25.4 Å². The summed E-state index contributed by atoms with van der Waals surface area (Å²) in [5, 5.41) is 7.98. The summed E-state index contributed by atoms with van der Waals surface area (Å²) in [6.07, 6.45) is 2.16. The third-order valence-corrected chi connectivity index (χ3v) is 6.47. The lowest BCUT2D eigenvalue weighted by Gasteiger charge is -2.23. The Bertz CT molecular complexity index is 1140. The van der Waals surface area contributed by atoms with Crippen LogP contribution in [0.5, 0.6) is 5.75 Å². The van der Waals surface area contributed by atoms with Gasteiger partial charge in [-0.1, -0.05) is 42.3 Å². The van der Waals surface area contributed by atoms with Crippen LogP contribution in [0.4, 0.5) is 0 Å². The highest BCUT2D eigenvalue weighted by Crippen LogP contribution is 2.37. The van der Waals surface area contributed by atoms with E-state index in [4.69, 9.17) is 4.74 Å². The lowest BCUT2D eigenvalue weighted by atomic mass is 10.1. The molecular weight excluding hydrogens is 408 g/mol. The minimum absolute atomic E-state index is 0.109. The summed E-state index contributed by atoms with van der Waals surface area (Å²) < 4.78 is 11.6. The van der Waals surface area contributed by atoms with E-state index < -0.39 is 0 Å². The molecule has 3 heterocycles. The standard InChI is InChI=1S/C24H26N4O2S/c29-23-19-16-28-20-9-3-1-7-17(20)15-21(28)18-8-2-4-10-22(18)30-24(19)26-13-12-25-11-5-6-14-31-27-23/h1-4,7-10,15,25-26H,5-6,11-14,16H2,(H,27,29). The minimum atomic E-state index is -0.109. The zero-order valence-electron chi connectivity index (χ0n) is 17.3. The Morgan fingerprint density at radius 2 is 1.84 bits per heavy atom. The zero-order valence-corrected chi connectivity index (χ0v) is 18.1. The molecule has 6 nitrogen and oxygen atoms in total. The second-order valence-corrected chi connectivity index (χ2v) is 8.65. The van der Waals surface area contributed by atoms with Gasteiger partial charge in [-0.2, -0.15) is 0 Å². The Labute approximate surface area is 186 Å². The number of ether oxygens (including phenoxy) is 1. The zero-order chi connectivity index (χ0) is 21.0. The molecule has 1 aromatic heterocycles. The van der Waals surface area contributed by atoms with Gasteiger partial charge in [0.05, 0.1) is 17.8 Å². The molecule has 0 unspecified atom stereocenters. The molecule has 3 aromatic rings. The van der Waals surface area contributed by atoms with Crippen LogP contribution in [0.15, 0.2) is 66.1 Å². The minimum Gasteiger partial charge on any atom is -0.440 e. The Balaban J connectivity index is 1.64. The highest BCUT2D eigenvalue weighted by atomic mass is 32.2. The van der Waals surface area contributed by atoms with Gasteiger partial charge in [-0.25, -0.2) is 0 Å². The molecule has 2 aromatic carbocycles. The number of amides is 1. The number of carbonyl (C=O) groups is 1. The molecule has 3 N–H and O–H groups in total. The first kappa shape index (κ1) is 20.0. The first-order valence-corrected chi connectivity index (χ1v) is 11.8. The molecular formula is C24H26N4O2S. The lowest BCUT2D eigenvalue weighted by Crippen LogP contribution is -2.33. The number of para-hydroxylation sites is 2. The van der Waals surface area contributed by atoms with Crippen molar-refractivity contribution < 1.29 is 9.53 Å². The summed E-state index contributed by atoms with van der Waals surface area (Å²) in [4.78, 5) is 13.3. The number of nitrogens with one attached hydrogen (secondary N) is 3. The SMILES string of the molecule is O=C1NSCCCCNCCNC2=C1Cn1c(cc3ccccc31)-c1ccccc1O2. The molecule has 160 valence electrons. The number of carbonyl (C=O) groups excluding carboxylic acids is 1. The fourth-order valence-electron chi connectivity index (χ4n) is 4.08. The van der Waals surface area contributed by atoms with Gasteiger partial charge in [-0.3, -0.25) is 9.52 Å². The summed E-state index contributed by atoms with van der Waals surface area (Å²) in [5.74, 6) is 2.05. The van der Waals surface area contributed by atoms with Gasteiger partial charge in [-0.05, 0) is 43.7 Å². The van der Waals surface area contributed by atoms with Crippen LogP contribution in [0, 0.1) is 0 Å². The van der Waals surface area contributed by atoms with Crippen molar-refractivity contribution in [3.05, 3.63) is 66.1 Å². The average Bonchev–Trinajstić information content (AvgIpc) is 3.14. The van der Waals surface area contributed by atoms with Crippen molar-refractivity contribution >= 4 is 28.8 Å². The molecule has 0 spiro atoms. The maximum Gasteiger partial charge on any atom is 0.264 e. The number of nitrogens with zero attached hydrogens (tertiary/aromatic N) is 1. The maximum absolute atomic E-state index is 13.3. The fourth-order valence-corrected chi connectivity index (χ4v) is 4.79. The molecule has 0 aliphatic carbocycles. The predicted molar refractivity (Wildman–Crippen MR) is 126 cm³/mol. The summed E-state index contributed by atoms with van der Waals surface area (Å²) in [7, 11) is 0. The van der Waals surface area contributed by atoms with Gasteiger partial charge in [0, 0.05) is 35.3 Å². The molecule has 0 bridgehead atoms. The van der Waals surface area contributed by atoms with E-state index in [9.17, 15) is 4.79 Å². The highest BCUT2D eigenvalue weighted by molar-refractivity contribution is 7.97. The van der Waals surface area contributed by atoms with Crippen LogP contribution in [0.2, 0.25) is 0 Å². The van der Waals surface area contributed by atoms with Crippen LogP contribution >= 0.6 is 11.9 Å². The molecule has 7 heteroatoms. The number of hydrogen-bond acceptors (Lipinski definition) is 5. The number of benzene rings is 2. The summed E-state index contributed by atoms with van der Waals surface area (Å²) in [6, 6.07) is 18.5. The quantitative estimate of drug-likeness (QED) is 0.472. The van der Waals surface area contributed by atoms with E-state index in [0.717, 1.165) is 59.6 Å². The van der Waals surface area contributed by atoms with Gasteiger partial charge in [-0.15, -0.1) is 0 Å². The lowest BCUT2D eigenvalue weighted by molar-refractivity contribution is -0.116. The van der Waals surface area contributed by atoms with Gasteiger partial charge in [0.15, 0.2) is 0 Å². The summed E-state index contributed by atoms with van der Waals surface area (Å²) in [6.45, 7) is 2.90. The normalized spacial score (nSPS) is 17.9. The number of hydrogen-bond donors (Lipinski definition) is 3. The largest absolute Gasteiger partial charge is 0.440 e. The van der Waals surface area contributed by atoms with Crippen LogP contribution < -0.4 is 20.1 Å². The van der Waals surface area contributed by atoms with E-state index in [1.807, 2.05) is 30.3 Å². The molecule has 31 heavy (non-hydrogen) atoms. The van der Waals surface area contributed by atoms with Crippen molar-refractivity contribution in [3.8, 4) is 17.0 Å². The maximum atomic E-state index is 13.3. The second kappa shape index (κ2) is 9.08. The Hall–Kier alpha value is -2.90. The Morgan fingerprint density at radius 1 is 0.968 bits per heavy atom. The van der Waals surface area contributed by atoms with E-state index in [0.29, 0.717) is 24.5 Å². The van der Waals surface area contributed by atoms with Gasteiger partial charge < -0.3 is 19.9 Å². The third kappa shape index (κ3) is 4.16. The van der Waals surface area contributed by atoms with Crippen LogP contribution in [-0.2, 0) is 11.3 Å². The molecule has 2 aliphatic heterocycles. The third-order valence-electron chi connectivity index (χ3n) is 5.65. The van der Waals surface area contributed by atoms with Crippen molar-refractivity contribution in [1.82, 2.24) is 19.9 Å². The second-order valence-electron chi connectivity index (χ2n) is 7.74. The van der Waals surface area contributed by atoms with Gasteiger partial charge in [0.25, 0.3) is 5.91 Å². The van der Waals surface area contributed by atoms with Gasteiger partial charge >= 0.3 is 0 Å². The van der Waals surface area contributed by atoms with Gasteiger partial charge in [0.2, 0.25) is 5.88 Å². The van der Waals surface area contributed by atoms with E-state index in [-0.39, 0.29) is 5.91 Å². The summed E-state index contributed by atoms with van der Waals surface area (Å²) in [5.41, 5.74) is 3.77. The first-order chi connectivity index (χ1) is 15.3. The smallest absolute Gasteiger partial charge is 0.264 e. The fraction of sp³-hybridized carbons (Fsp3) is 0.292. The van der Waals surface area contributed by atoms with Crippen molar-refractivity contribution in [1.29, 1.82) is 0 Å². The molecule has 0 radical (unpaired) electrons. The monoisotopic (exact) mass is 434 g/mol. The van der Waals surface area contributed by atoms with Crippen LogP contribution in [0.1, 0.15) is 12.8 Å². The molecule has 0 fully saturated rings. The number of fused-ring (bicyclic) bond motifs is 5. The molecule has 0 saturated carbocycles.